The van der Waals surface area contributed by atoms with E-state index in [2.05, 4.69) is 19.9 Å². The predicted octanol–water partition coefficient (Wildman–Crippen LogP) is 4.46. The van der Waals surface area contributed by atoms with Crippen molar-refractivity contribution in [1.29, 1.82) is 5.26 Å². The van der Waals surface area contributed by atoms with Crippen molar-refractivity contribution in [2.45, 2.75) is 51.4 Å². The van der Waals surface area contributed by atoms with Crippen molar-refractivity contribution in [3.8, 4) is 6.07 Å². The van der Waals surface area contributed by atoms with Crippen molar-refractivity contribution in [3.05, 3.63) is 44.8 Å². The van der Waals surface area contributed by atoms with E-state index in [1.165, 1.54) is 17.3 Å². The van der Waals surface area contributed by atoms with Gasteiger partial charge in [0.15, 0.2) is 0 Å². The van der Waals surface area contributed by atoms with E-state index < -0.39 is 11.5 Å². The van der Waals surface area contributed by atoms with Gasteiger partial charge in [-0.05, 0) is 74.9 Å². The van der Waals surface area contributed by atoms with Crippen molar-refractivity contribution in [3.63, 3.8) is 0 Å². The number of benzene rings is 1. The van der Waals surface area contributed by atoms with Gasteiger partial charge in [0.1, 0.15) is 23.0 Å². The second-order valence-corrected chi connectivity index (χ2v) is 12.4. The fraction of sp³-hybridized carbons (Fsp3) is 0.500. The van der Waals surface area contributed by atoms with Crippen LogP contribution in [-0.2, 0) is 22.4 Å². The zero-order valence-corrected chi connectivity index (χ0v) is 23.2. The lowest BCUT2D eigenvalue weighted by Crippen LogP contribution is -2.40. The lowest BCUT2D eigenvalue weighted by molar-refractivity contribution is -0.131. The molecule has 0 aliphatic carbocycles. The number of piperidine rings is 1. The highest BCUT2D eigenvalue weighted by molar-refractivity contribution is 8.02. The molecule has 9 heteroatoms. The van der Waals surface area contributed by atoms with E-state index in [1.54, 1.807) is 11.0 Å². The molecule has 2 unspecified atom stereocenters. The van der Waals surface area contributed by atoms with E-state index in [0.29, 0.717) is 37.9 Å². The summed E-state index contributed by atoms with van der Waals surface area (Å²) in [5.74, 6) is -0.125. The molecule has 4 heterocycles. The molecular formula is C28H33N3O4P2. The molecule has 1 fully saturated rings. The third-order valence-corrected chi connectivity index (χ3v) is 9.38. The van der Waals surface area contributed by atoms with Gasteiger partial charge < -0.3 is 14.2 Å². The number of anilines is 1. The Hall–Kier alpha value is -2.54. The summed E-state index contributed by atoms with van der Waals surface area (Å²) in [6.07, 6.45) is 9.19. The second-order valence-electron chi connectivity index (χ2n) is 10.2. The molecule has 37 heavy (non-hydrogen) atoms. The maximum atomic E-state index is 13.1. The maximum absolute atomic E-state index is 13.1. The van der Waals surface area contributed by atoms with Crippen LogP contribution in [0.3, 0.4) is 0 Å². The number of Topliss-reactive ketones (excluding diaryl/α,β-unsaturated/α-hetero) is 1. The fourth-order valence-corrected chi connectivity index (χ4v) is 7.00. The minimum absolute atomic E-state index is 0.0122. The molecular weight excluding hydrogens is 504 g/mol. The molecule has 1 saturated heterocycles. The molecule has 3 aliphatic heterocycles. The molecule has 1 amide bonds. The molecule has 1 aromatic heterocycles. The summed E-state index contributed by atoms with van der Waals surface area (Å²) >= 11 is 0. The number of likely N-dealkylation sites (tertiary alicyclic amines) is 1. The third-order valence-electron chi connectivity index (χ3n) is 7.88. The number of carbonyl (C=O) groups excluding carboxylic acids is 2. The third kappa shape index (κ3) is 5.38. The number of aryl methyl sites for hydroxylation is 2. The maximum Gasteiger partial charge on any atom is 0.343 e. The van der Waals surface area contributed by atoms with Crippen LogP contribution in [0.5, 0.6) is 0 Å². The van der Waals surface area contributed by atoms with Crippen molar-refractivity contribution >= 4 is 51.6 Å². The number of carbonyl (C=O) groups is 2. The van der Waals surface area contributed by atoms with E-state index in [9.17, 15) is 19.6 Å². The summed E-state index contributed by atoms with van der Waals surface area (Å²) in [4.78, 5) is 42.6. The summed E-state index contributed by atoms with van der Waals surface area (Å²) in [6.45, 7) is 2.96. The number of nitrogens with zero attached hydrogens (tertiary/aromatic N) is 3. The first-order valence-corrected chi connectivity index (χ1v) is 16.3. The smallest absolute Gasteiger partial charge is 0.343 e. The Balaban J connectivity index is 1.36. The molecule has 0 radical (unpaired) electrons. The highest BCUT2D eigenvalue weighted by atomic mass is 32.0. The van der Waals surface area contributed by atoms with Crippen LogP contribution in [0.25, 0.3) is 17.0 Å². The first-order chi connectivity index (χ1) is 18.0. The largest absolute Gasteiger partial charge is 0.422 e. The highest BCUT2D eigenvalue weighted by Crippen LogP contribution is 2.39. The Bertz CT molecular complexity index is 1350. The van der Waals surface area contributed by atoms with Gasteiger partial charge in [0.05, 0.1) is 5.56 Å². The molecule has 7 nitrogen and oxygen atoms in total. The van der Waals surface area contributed by atoms with Crippen molar-refractivity contribution < 1.29 is 14.0 Å². The van der Waals surface area contributed by atoms with E-state index in [0.717, 1.165) is 70.6 Å². The van der Waals surface area contributed by atoms with Gasteiger partial charge in [-0.1, -0.05) is 0 Å². The minimum Gasteiger partial charge on any atom is -0.422 e. The van der Waals surface area contributed by atoms with E-state index in [1.807, 2.05) is 6.07 Å². The first kappa shape index (κ1) is 26.1. The highest BCUT2D eigenvalue weighted by Gasteiger charge is 2.29. The summed E-state index contributed by atoms with van der Waals surface area (Å²) < 4.78 is 5.82. The molecule has 194 valence electrons. The molecule has 1 aromatic carbocycles. The number of ketones is 1. The summed E-state index contributed by atoms with van der Waals surface area (Å²) in [5.41, 5.74) is 3.84. The van der Waals surface area contributed by atoms with Gasteiger partial charge in [-0.2, -0.15) is 5.26 Å². The zero-order valence-electron chi connectivity index (χ0n) is 21.1. The SMILES string of the molecule is N#CC(=Cc1cc2cc3c4c(c2oc1=O)CCCN4CCC3)C(=O)N1CCC(C(=O)CCCPP)CC1. The van der Waals surface area contributed by atoms with Crippen molar-refractivity contribution in [2.24, 2.45) is 5.92 Å². The van der Waals surface area contributed by atoms with Crippen LogP contribution in [0.1, 0.15) is 55.2 Å². The summed E-state index contributed by atoms with van der Waals surface area (Å²) in [6, 6.07) is 5.85. The second kappa shape index (κ2) is 11.5. The minimum atomic E-state index is -0.535. The van der Waals surface area contributed by atoms with E-state index in [4.69, 9.17) is 4.42 Å². The lowest BCUT2D eigenvalue weighted by atomic mass is 9.89. The van der Waals surface area contributed by atoms with Crippen molar-refractivity contribution in [2.75, 3.05) is 37.2 Å². The van der Waals surface area contributed by atoms with E-state index >= 15 is 0 Å². The van der Waals surface area contributed by atoms with Crippen LogP contribution in [0.2, 0.25) is 0 Å². The molecule has 2 aromatic rings. The molecule has 0 N–H and O–H groups in total. The average Bonchev–Trinajstić information content (AvgIpc) is 2.92. The quantitative estimate of drug-likeness (QED) is 0.170. The number of rotatable bonds is 7. The Labute approximate surface area is 221 Å². The first-order valence-electron chi connectivity index (χ1n) is 13.2. The van der Waals surface area contributed by atoms with Crippen LogP contribution < -0.4 is 10.5 Å². The van der Waals surface area contributed by atoms with Gasteiger partial charge in [0, 0.05) is 55.2 Å². The van der Waals surface area contributed by atoms with Gasteiger partial charge in [0.2, 0.25) is 0 Å². The molecule has 2 atom stereocenters. The monoisotopic (exact) mass is 537 g/mol. The fourth-order valence-electron chi connectivity index (χ4n) is 6.00. The number of fused-ring (bicyclic) bond motifs is 2. The average molecular weight is 538 g/mol. The Morgan fingerprint density at radius 1 is 1.16 bits per heavy atom. The van der Waals surface area contributed by atoms with Crippen molar-refractivity contribution in [1.82, 2.24) is 4.90 Å². The van der Waals surface area contributed by atoms with Crippen LogP contribution >= 0.6 is 17.2 Å². The topological polar surface area (TPSA) is 94.6 Å². The van der Waals surface area contributed by atoms with Gasteiger partial charge >= 0.3 is 5.63 Å². The number of nitriles is 1. The predicted molar refractivity (Wildman–Crippen MR) is 151 cm³/mol. The molecule has 0 saturated carbocycles. The Morgan fingerprint density at radius 3 is 2.65 bits per heavy atom. The van der Waals surface area contributed by atoms with Gasteiger partial charge in [-0.15, -0.1) is 17.2 Å². The lowest BCUT2D eigenvalue weighted by Gasteiger charge is -2.37. The summed E-state index contributed by atoms with van der Waals surface area (Å²) in [7, 11) is 3.49. The zero-order chi connectivity index (χ0) is 25.9. The standard InChI is InChI=1S/C28H33N3O4P2/c29-17-22(27(33)31-11-7-18(8-12-31)24(32)6-3-13-37-36)16-21-15-20-14-19-4-1-9-30-10-2-5-23(25(19)30)26(20)35-28(21)34/h14-16,18,37H,1-13,36H2. The Morgan fingerprint density at radius 2 is 1.92 bits per heavy atom. The van der Waals surface area contributed by atoms with Crippen LogP contribution in [-0.4, -0.2) is 48.9 Å². The van der Waals surface area contributed by atoms with Crippen LogP contribution in [0, 0.1) is 17.2 Å². The van der Waals surface area contributed by atoms with Gasteiger partial charge in [0.25, 0.3) is 5.91 Å². The molecule has 5 rings (SSSR count). The molecule has 0 bridgehead atoms. The van der Waals surface area contributed by atoms with Crippen LogP contribution in [0.4, 0.5) is 5.69 Å². The van der Waals surface area contributed by atoms with Gasteiger partial charge in [-0.3, -0.25) is 9.59 Å². The number of amides is 1. The number of hydrogen-bond donors (Lipinski definition) is 0. The van der Waals surface area contributed by atoms with E-state index in [-0.39, 0.29) is 22.8 Å². The van der Waals surface area contributed by atoms with Gasteiger partial charge in [-0.25, -0.2) is 4.79 Å². The normalized spacial score (nSPS) is 18.3. The Kier molecular flexibility index (Phi) is 8.08. The molecule has 0 spiro atoms. The van der Waals surface area contributed by atoms with Crippen LogP contribution in [0.15, 0.2) is 26.9 Å². The summed E-state index contributed by atoms with van der Waals surface area (Å²) in [5, 5.41) is 10.6. The number of hydrogen-bond acceptors (Lipinski definition) is 6. The molecule has 3 aliphatic rings.